The first kappa shape index (κ1) is 12.4. The van der Waals surface area contributed by atoms with Gasteiger partial charge in [-0.25, -0.2) is 0 Å². The number of hydrogen-bond acceptors (Lipinski definition) is 3. The molecule has 0 fully saturated rings. The number of hydrogen-bond donors (Lipinski definition) is 0. The predicted molar refractivity (Wildman–Crippen MR) is 53.4 cm³/mol. The van der Waals surface area contributed by atoms with Gasteiger partial charge in [-0.1, -0.05) is 0 Å². The van der Waals surface area contributed by atoms with E-state index in [2.05, 4.69) is 24.8 Å². The van der Waals surface area contributed by atoms with Crippen LogP contribution in [0.1, 0.15) is 27.2 Å². The quantitative estimate of drug-likeness (QED) is 0.629. The van der Waals surface area contributed by atoms with E-state index in [0.29, 0.717) is 12.5 Å². The molecule has 0 saturated heterocycles. The predicted octanol–water partition coefficient (Wildman–Crippen LogP) is 1.65. The van der Waals surface area contributed by atoms with Gasteiger partial charge < -0.3 is 4.74 Å². The highest BCUT2D eigenvalue weighted by atomic mass is 16.5. The highest BCUT2D eigenvalue weighted by molar-refractivity contribution is 4.75. The summed E-state index contributed by atoms with van der Waals surface area (Å²) in [5.41, 5.74) is 0. The van der Waals surface area contributed by atoms with E-state index in [0.717, 1.165) is 13.1 Å². The summed E-state index contributed by atoms with van der Waals surface area (Å²) in [7, 11) is 1.72. The van der Waals surface area contributed by atoms with Crippen molar-refractivity contribution in [2.24, 2.45) is 0 Å². The highest BCUT2D eigenvalue weighted by Crippen LogP contribution is 2.02. The molecule has 0 N–H and O–H groups in total. The minimum absolute atomic E-state index is 0.237. The molecule has 0 rings (SSSR count). The van der Waals surface area contributed by atoms with E-state index < -0.39 is 0 Å². The van der Waals surface area contributed by atoms with Gasteiger partial charge in [-0.3, -0.25) is 4.90 Å². The number of nitriles is 1. The van der Waals surface area contributed by atoms with Crippen molar-refractivity contribution in [2.75, 3.05) is 20.2 Å². The second-order valence-electron chi connectivity index (χ2n) is 3.54. The number of ether oxygens (including phenoxy) is 1. The summed E-state index contributed by atoms with van der Waals surface area (Å²) in [6.07, 6.45) is 0.829. The molecule has 0 aliphatic heterocycles. The lowest BCUT2D eigenvalue weighted by Crippen LogP contribution is -2.37. The highest BCUT2D eigenvalue weighted by Gasteiger charge is 2.12. The van der Waals surface area contributed by atoms with E-state index in [1.54, 1.807) is 7.11 Å². The Morgan fingerprint density at radius 2 is 2.00 bits per heavy atom. The zero-order chi connectivity index (χ0) is 10.3. The summed E-state index contributed by atoms with van der Waals surface area (Å²) < 4.78 is 5.19. The normalized spacial score (nSPS) is 13.3. The van der Waals surface area contributed by atoms with E-state index in [1.807, 2.05) is 6.92 Å². The van der Waals surface area contributed by atoms with Crippen molar-refractivity contribution >= 4 is 0 Å². The Bertz CT molecular complexity index is 163. The molecule has 0 radical (unpaired) electrons. The molecule has 1 unspecified atom stereocenters. The van der Waals surface area contributed by atoms with Crippen molar-refractivity contribution in [2.45, 2.75) is 39.3 Å². The van der Waals surface area contributed by atoms with Crippen LogP contribution in [0.25, 0.3) is 0 Å². The van der Waals surface area contributed by atoms with Gasteiger partial charge in [-0.05, 0) is 20.8 Å². The van der Waals surface area contributed by atoms with Gasteiger partial charge in [-0.15, -0.1) is 0 Å². The molecule has 3 heteroatoms. The maximum absolute atomic E-state index is 8.48. The zero-order valence-electron chi connectivity index (χ0n) is 9.08. The molecule has 3 nitrogen and oxygen atoms in total. The van der Waals surface area contributed by atoms with Crippen LogP contribution in [0.15, 0.2) is 0 Å². The number of nitrogens with zero attached hydrogens (tertiary/aromatic N) is 2. The van der Waals surface area contributed by atoms with Gasteiger partial charge in [0.15, 0.2) is 0 Å². The fourth-order valence-corrected chi connectivity index (χ4v) is 1.16. The Kier molecular flexibility index (Phi) is 6.56. The molecular formula is C10H20N2O. The second-order valence-corrected chi connectivity index (χ2v) is 3.54. The standard InChI is InChI=1S/C10H20N2O/c1-9(2)12(7-5-6-11)8-10(3)13-4/h9-10H,5,7-8H2,1-4H3. The lowest BCUT2D eigenvalue weighted by Gasteiger charge is -2.27. The molecule has 0 spiro atoms. The first-order valence-corrected chi connectivity index (χ1v) is 4.75. The van der Waals surface area contributed by atoms with Crippen molar-refractivity contribution < 1.29 is 4.74 Å². The summed E-state index contributed by atoms with van der Waals surface area (Å²) in [5.74, 6) is 0. The van der Waals surface area contributed by atoms with Crippen LogP contribution < -0.4 is 0 Å². The summed E-state index contributed by atoms with van der Waals surface area (Å²) in [5, 5.41) is 8.48. The molecule has 0 aromatic carbocycles. The molecular weight excluding hydrogens is 164 g/mol. The first-order chi connectivity index (χ1) is 6.11. The van der Waals surface area contributed by atoms with E-state index in [4.69, 9.17) is 10.00 Å². The molecule has 0 saturated carbocycles. The number of rotatable bonds is 6. The van der Waals surface area contributed by atoms with E-state index in [9.17, 15) is 0 Å². The zero-order valence-corrected chi connectivity index (χ0v) is 9.08. The Balaban J connectivity index is 3.88. The largest absolute Gasteiger partial charge is 0.380 e. The monoisotopic (exact) mass is 184 g/mol. The van der Waals surface area contributed by atoms with Crippen LogP contribution in [-0.2, 0) is 4.74 Å². The maximum atomic E-state index is 8.48. The first-order valence-electron chi connectivity index (χ1n) is 4.75. The Labute approximate surface area is 81.3 Å². The summed E-state index contributed by atoms with van der Waals surface area (Å²) in [6, 6.07) is 2.64. The average Bonchev–Trinajstić information content (AvgIpc) is 2.11. The fraction of sp³-hybridized carbons (Fsp3) is 0.900. The third-order valence-corrected chi connectivity index (χ3v) is 2.14. The summed E-state index contributed by atoms with van der Waals surface area (Å²) in [6.45, 7) is 8.05. The van der Waals surface area contributed by atoms with Crippen molar-refractivity contribution in [1.82, 2.24) is 4.90 Å². The third kappa shape index (κ3) is 5.62. The molecule has 0 aliphatic carbocycles. The maximum Gasteiger partial charge on any atom is 0.0670 e. The van der Waals surface area contributed by atoms with E-state index in [-0.39, 0.29) is 6.10 Å². The van der Waals surface area contributed by atoms with Crippen LogP contribution in [0.5, 0.6) is 0 Å². The minimum atomic E-state index is 0.237. The van der Waals surface area contributed by atoms with E-state index in [1.165, 1.54) is 0 Å². The van der Waals surface area contributed by atoms with Crippen LogP contribution in [0.2, 0.25) is 0 Å². The molecule has 0 amide bonds. The van der Waals surface area contributed by atoms with Gasteiger partial charge in [0.2, 0.25) is 0 Å². The van der Waals surface area contributed by atoms with Gasteiger partial charge in [0.25, 0.3) is 0 Å². The van der Waals surface area contributed by atoms with Crippen LogP contribution in [0, 0.1) is 11.3 Å². The summed E-state index contributed by atoms with van der Waals surface area (Å²) in [4.78, 5) is 2.26. The van der Waals surface area contributed by atoms with Crippen molar-refractivity contribution in [3.63, 3.8) is 0 Å². The smallest absolute Gasteiger partial charge is 0.0670 e. The second kappa shape index (κ2) is 6.88. The molecule has 0 bridgehead atoms. The van der Waals surface area contributed by atoms with Gasteiger partial charge in [0.05, 0.1) is 12.2 Å². The van der Waals surface area contributed by atoms with E-state index >= 15 is 0 Å². The number of methoxy groups -OCH3 is 1. The molecule has 0 heterocycles. The molecule has 0 aliphatic rings. The molecule has 1 atom stereocenters. The van der Waals surface area contributed by atoms with Crippen molar-refractivity contribution in [1.29, 1.82) is 5.26 Å². The molecule has 0 aromatic rings. The Hall–Kier alpha value is -0.590. The van der Waals surface area contributed by atoms with Gasteiger partial charge in [0, 0.05) is 32.7 Å². The molecule has 0 aromatic heterocycles. The van der Waals surface area contributed by atoms with Gasteiger partial charge in [-0.2, -0.15) is 5.26 Å². The Morgan fingerprint density at radius 1 is 1.38 bits per heavy atom. The van der Waals surface area contributed by atoms with Crippen LogP contribution in [0.3, 0.4) is 0 Å². The van der Waals surface area contributed by atoms with Gasteiger partial charge in [0.1, 0.15) is 0 Å². The molecule has 76 valence electrons. The average molecular weight is 184 g/mol. The Morgan fingerprint density at radius 3 is 2.38 bits per heavy atom. The van der Waals surface area contributed by atoms with Crippen LogP contribution in [0.4, 0.5) is 0 Å². The third-order valence-electron chi connectivity index (χ3n) is 2.14. The molecule has 13 heavy (non-hydrogen) atoms. The van der Waals surface area contributed by atoms with Crippen molar-refractivity contribution in [3.05, 3.63) is 0 Å². The van der Waals surface area contributed by atoms with Crippen LogP contribution in [-0.4, -0.2) is 37.2 Å². The topological polar surface area (TPSA) is 36.3 Å². The fourth-order valence-electron chi connectivity index (χ4n) is 1.16. The van der Waals surface area contributed by atoms with Crippen LogP contribution >= 0.6 is 0 Å². The SMILES string of the molecule is COC(C)CN(CCC#N)C(C)C. The minimum Gasteiger partial charge on any atom is -0.380 e. The lowest BCUT2D eigenvalue weighted by molar-refractivity contribution is 0.0665. The summed E-state index contributed by atoms with van der Waals surface area (Å²) >= 11 is 0. The van der Waals surface area contributed by atoms with Gasteiger partial charge >= 0.3 is 0 Å². The van der Waals surface area contributed by atoms with Crippen molar-refractivity contribution in [3.8, 4) is 6.07 Å². The lowest BCUT2D eigenvalue weighted by atomic mass is 10.2.